The Balaban J connectivity index is 2.00. The maximum Gasteiger partial charge on any atom is 0.339 e. The minimum Gasteiger partial charge on any atom is -0.507 e. The zero-order chi connectivity index (χ0) is 15.4. The summed E-state index contributed by atoms with van der Waals surface area (Å²) in [7, 11) is 0. The number of nitrogens with zero attached hydrogens (tertiary/aromatic N) is 1. The van der Waals surface area contributed by atoms with Crippen LogP contribution in [0.2, 0.25) is 0 Å². The largest absolute Gasteiger partial charge is 0.507 e. The molecule has 1 aromatic rings. The van der Waals surface area contributed by atoms with Crippen LogP contribution >= 0.6 is 0 Å². The van der Waals surface area contributed by atoms with E-state index in [0.29, 0.717) is 11.6 Å². The molecule has 1 aromatic carbocycles. The number of likely N-dealkylation sites (tertiary alicyclic amines) is 1. The molecule has 1 aliphatic rings. The Kier molecular flexibility index (Phi) is 4.67. The van der Waals surface area contributed by atoms with E-state index in [4.69, 9.17) is 5.11 Å². The molecule has 0 bridgehead atoms. The van der Waals surface area contributed by atoms with Crippen molar-refractivity contribution in [2.24, 2.45) is 5.92 Å². The molecule has 0 aromatic heterocycles. The fourth-order valence-corrected chi connectivity index (χ4v) is 2.65. The normalized spacial score (nSPS) is 17.8. The van der Waals surface area contributed by atoms with Gasteiger partial charge in [-0.3, -0.25) is 0 Å². The van der Waals surface area contributed by atoms with Crippen molar-refractivity contribution in [3.05, 3.63) is 23.8 Å². The van der Waals surface area contributed by atoms with Gasteiger partial charge in [-0.1, -0.05) is 13.3 Å². The van der Waals surface area contributed by atoms with E-state index in [1.807, 2.05) is 0 Å². The first-order chi connectivity index (χ1) is 10.0. The molecule has 21 heavy (non-hydrogen) atoms. The molecule has 1 heterocycles. The number of benzene rings is 1. The van der Waals surface area contributed by atoms with Crippen molar-refractivity contribution in [2.45, 2.75) is 26.2 Å². The van der Waals surface area contributed by atoms with E-state index in [0.717, 1.165) is 32.4 Å². The summed E-state index contributed by atoms with van der Waals surface area (Å²) in [4.78, 5) is 24.8. The van der Waals surface area contributed by atoms with Crippen LogP contribution in [0.25, 0.3) is 0 Å². The highest BCUT2D eigenvalue weighted by Gasteiger charge is 2.25. The minimum atomic E-state index is -1.23. The molecule has 1 saturated heterocycles. The minimum absolute atomic E-state index is 0.224. The zero-order valence-electron chi connectivity index (χ0n) is 12.0. The number of rotatable bonds is 4. The number of phenols is 1. The van der Waals surface area contributed by atoms with Gasteiger partial charge in [0, 0.05) is 18.8 Å². The molecular weight excluding hydrogens is 272 g/mol. The number of hydrogen-bond acceptors (Lipinski definition) is 3. The highest BCUT2D eigenvalue weighted by Crippen LogP contribution is 2.24. The van der Waals surface area contributed by atoms with E-state index in [1.165, 1.54) is 18.2 Å². The van der Waals surface area contributed by atoms with E-state index >= 15 is 0 Å². The van der Waals surface area contributed by atoms with E-state index < -0.39 is 5.97 Å². The topological polar surface area (TPSA) is 89.9 Å². The van der Waals surface area contributed by atoms with Crippen LogP contribution in [0, 0.1) is 5.92 Å². The molecule has 0 spiro atoms. The van der Waals surface area contributed by atoms with Crippen LogP contribution in [-0.4, -0.2) is 40.2 Å². The molecule has 2 rings (SSSR count). The summed E-state index contributed by atoms with van der Waals surface area (Å²) < 4.78 is 0. The van der Waals surface area contributed by atoms with Gasteiger partial charge in [0.1, 0.15) is 11.3 Å². The average molecular weight is 292 g/mol. The molecule has 0 saturated carbocycles. The number of aromatic carboxylic acids is 1. The highest BCUT2D eigenvalue weighted by molar-refractivity contribution is 5.95. The van der Waals surface area contributed by atoms with Crippen molar-refractivity contribution in [3.63, 3.8) is 0 Å². The van der Waals surface area contributed by atoms with Gasteiger partial charge in [0.05, 0.1) is 0 Å². The Morgan fingerprint density at radius 1 is 1.43 bits per heavy atom. The number of carboxylic acids is 1. The van der Waals surface area contributed by atoms with Crippen molar-refractivity contribution in [1.82, 2.24) is 4.90 Å². The molecule has 1 fully saturated rings. The number of carbonyl (C=O) groups excluding carboxylic acids is 1. The summed E-state index contributed by atoms with van der Waals surface area (Å²) in [5.74, 6) is -0.993. The van der Waals surface area contributed by atoms with Crippen molar-refractivity contribution >= 4 is 17.7 Å². The van der Waals surface area contributed by atoms with Gasteiger partial charge in [0.2, 0.25) is 0 Å². The lowest BCUT2D eigenvalue weighted by Gasteiger charge is -2.17. The summed E-state index contributed by atoms with van der Waals surface area (Å²) in [5.41, 5.74) is 0.146. The second kappa shape index (κ2) is 6.47. The maximum absolute atomic E-state index is 12.1. The Bertz CT molecular complexity index is 544. The predicted molar refractivity (Wildman–Crippen MR) is 78.7 cm³/mol. The molecule has 1 atom stereocenters. The van der Waals surface area contributed by atoms with Crippen LogP contribution in [0.15, 0.2) is 18.2 Å². The van der Waals surface area contributed by atoms with Crippen molar-refractivity contribution in [2.75, 3.05) is 18.4 Å². The van der Waals surface area contributed by atoms with Crippen molar-refractivity contribution in [3.8, 4) is 5.75 Å². The van der Waals surface area contributed by atoms with Gasteiger partial charge in [-0.15, -0.1) is 0 Å². The summed E-state index contributed by atoms with van der Waals surface area (Å²) in [6.07, 6.45) is 3.24. The van der Waals surface area contributed by atoms with E-state index in [9.17, 15) is 14.7 Å². The van der Waals surface area contributed by atoms with Crippen molar-refractivity contribution in [1.29, 1.82) is 0 Å². The van der Waals surface area contributed by atoms with Crippen LogP contribution in [0.3, 0.4) is 0 Å². The molecule has 1 unspecified atom stereocenters. The Hall–Kier alpha value is -2.24. The third kappa shape index (κ3) is 3.65. The number of carboxylic acid groups (broad SMARTS) is 1. The Morgan fingerprint density at radius 3 is 2.86 bits per heavy atom. The van der Waals surface area contributed by atoms with Gasteiger partial charge in [-0.05, 0) is 37.0 Å². The van der Waals surface area contributed by atoms with E-state index in [-0.39, 0.29) is 17.3 Å². The summed E-state index contributed by atoms with van der Waals surface area (Å²) >= 11 is 0. The van der Waals surface area contributed by atoms with Gasteiger partial charge >= 0.3 is 12.0 Å². The van der Waals surface area contributed by atoms with Gasteiger partial charge in [0.25, 0.3) is 0 Å². The second-order valence-corrected chi connectivity index (χ2v) is 5.36. The number of hydrogen-bond donors (Lipinski definition) is 3. The molecule has 114 valence electrons. The van der Waals surface area contributed by atoms with E-state index in [1.54, 1.807) is 4.90 Å². The molecule has 6 heteroatoms. The van der Waals surface area contributed by atoms with E-state index in [2.05, 4.69) is 12.2 Å². The first-order valence-electron chi connectivity index (χ1n) is 7.13. The number of aromatic hydroxyl groups is 1. The molecule has 1 aliphatic heterocycles. The molecule has 0 aliphatic carbocycles. The van der Waals surface area contributed by atoms with Gasteiger partial charge in [-0.25, -0.2) is 9.59 Å². The molecular formula is C15H20N2O4. The lowest BCUT2D eigenvalue weighted by atomic mass is 10.0. The fourth-order valence-electron chi connectivity index (χ4n) is 2.65. The highest BCUT2D eigenvalue weighted by atomic mass is 16.4. The number of amides is 2. The number of carbonyl (C=O) groups is 2. The van der Waals surface area contributed by atoms with Crippen LogP contribution in [0.5, 0.6) is 5.75 Å². The smallest absolute Gasteiger partial charge is 0.339 e. The second-order valence-electron chi connectivity index (χ2n) is 5.36. The lowest BCUT2D eigenvalue weighted by molar-refractivity contribution is 0.0693. The molecule has 6 nitrogen and oxygen atoms in total. The monoisotopic (exact) mass is 292 g/mol. The van der Waals surface area contributed by atoms with Crippen LogP contribution in [0.1, 0.15) is 36.5 Å². The van der Waals surface area contributed by atoms with Crippen LogP contribution in [-0.2, 0) is 0 Å². The standard InChI is InChI=1S/C15H20N2O4/c1-2-3-10-6-7-17(9-10)15(21)16-11-4-5-13(18)12(8-11)14(19)20/h4-5,8,10,18H,2-3,6-7,9H2,1H3,(H,16,21)(H,19,20). The van der Waals surface area contributed by atoms with Gasteiger partial charge in [0.15, 0.2) is 0 Å². The third-order valence-electron chi connectivity index (χ3n) is 3.75. The fraction of sp³-hybridized carbons (Fsp3) is 0.467. The number of urea groups is 1. The average Bonchev–Trinajstić information content (AvgIpc) is 2.90. The van der Waals surface area contributed by atoms with Crippen molar-refractivity contribution < 1.29 is 19.8 Å². The SMILES string of the molecule is CCCC1CCN(C(=O)Nc2ccc(O)c(C(=O)O)c2)C1. The molecule has 0 radical (unpaired) electrons. The van der Waals surface area contributed by atoms with Gasteiger partial charge in [-0.2, -0.15) is 0 Å². The zero-order valence-corrected chi connectivity index (χ0v) is 12.0. The van der Waals surface area contributed by atoms with Crippen LogP contribution < -0.4 is 5.32 Å². The summed E-state index contributed by atoms with van der Waals surface area (Å²) in [6.45, 7) is 3.59. The Morgan fingerprint density at radius 2 is 2.19 bits per heavy atom. The predicted octanol–water partition coefficient (Wildman–Crippen LogP) is 2.74. The number of anilines is 1. The Labute approximate surface area is 123 Å². The number of nitrogens with one attached hydrogen (secondary N) is 1. The van der Waals surface area contributed by atoms with Gasteiger partial charge < -0.3 is 20.4 Å². The quantitative estimate of drug-likeness (QED) is 0.744. The summed E-state index contributed by atoms with van der Waals surface area (Å²) in [6, 6.07) is 3.79. The molecule has 2 amide bonds. The first-order valence-corrected chi connectivity index (χ1v) is 7.13. The first kappa shape index (κ1) is 15.2. The summed E-state index contributed by atoms with van der Waals surface area (Å²) in [5, 5.41) is 21.1. The maximum atomic E-state index is 12.1. The molecule has 3 N–H and O–H groups in total. The van der Waals surface area contributed by atoms with Crippen LogP contribution in [0.4, 0.5) is 10.5 Å². The third-order valence-corrected chi connectivity index (χ3v) is 3.75. The lowest BCUT2D eigenvalue weighted by Crippen LogP contribution is -2.33.